The second-order valence-electron chi connectivity index (χ2n) is 7.10. The summed E-state index contributed by atoms with van der Waals surface area (Å²) < 4.78 is 0. The van der Waals surface area contributed by atoms with Crippen LogP contribution in [0.2, 0.25) is 0 Å². The molecule has 0 unspecified atom stereocenters. The van der Waals surface area contributed by atoms with Gasteiger partial charge in [0.05, 0.1) is 17.4 Å². The molecule has 0 amide bonds. The number of rotatable bonds is 1. The molecular weight excluding hydrogens is 304 g/mol. The second kappa shape index (κ2) is 5.24. The second-order valence-corrected chi connectivity index (χ2v) is 8.08. The van der Waals surface area contributed by atoms with Crippen LogP contribution in [0.5, 0.6) is 0 Å². The quantitative estimate of drug-likeness (QED) is 0.778. The summed E-state index contributed by atoms with van der Waals surface area (Å²) in [6.07, 6.45) is 1.50. The Morgan fingerprint density at radius 1 is 1.09 bits per heavy atom. The number of anilines is 2. The van der Waals surface area contributed by atoms with E-state index in [1.165, 1.54) is 4.88 Å². The van der Waals surface area contributed by atoms with Crippen molar-refractivity contribution in [2.24, 2.45) is 5.41 Å². The molecule has 4 rings (SSSR count). The molecule has 1 aliphatic heterocycles. The average Bonchev–Trinajstić information content (AvgIpc) is 2.95. The van der Waals surface area contributed by atoms with Crippen LogP contribution < -0.4 is 10.6 Å². The van der Waals surface area contributed by atoms with E-state index in [9.17, 15) is 4.79 Å². The summed E-state index contributed by atoms with van der Waals surface area (Å²) in [5.74, 6) is 0.252. The molecule has 0 spiro atoms. The number of nitrogens with one attached hydrogen (secondary N) is 2. The smallest absolute Gasteiger partial charge is 0.163 e. The van der Waals surface area contributed by atoms with Gasteiger partial charge in [-0.15, -0.1) is 11.3 Å². The molecule has 0 bridgehead atoms. The van der Waals surface area contributed by atoms with Gasteiger partial charge in [-0.3, -0.25) is 4.79 Å². The monoisotopic (exact) mass is 324 g/mol. The van der Waals surface area contributed by atoms with E-state index < -0.39 is 0 Å². The van der Waals surface area contributed by atoms with Gasteiger partial charge < -0.3 is 10.6 Å². The molecule has 1 aromatic heterocycles. The van der Waals surface area contributed by atoms with Crippen LogP contribution in [0.3, 0.4) is 0 Å². The standard InChI is InChI=1S/C19H20N2OS/c1-19(2)10-14-17(15(22)11-19)18(16-8-5-9-23-16)21-13-7-4-3-6-12(13)20-14/h3-9,18,20-21H,10-11H2,1-2H3/t18-/m0/s1. The van der Waals surface area contributed by atoms with Crippen molar-refractivity contribution < 1.29 is 4.79 Å². The van der Waals surface area contributed by atoms with Gasteiger partial charge in [0, 0.05) is 22.6 Å². The van der Waals surface area contributed by atoms with Crippen LogP contribution in [-0.4, -0.2) is 5.78 Å². The molecule has 0 fully saturated rings. The maximum atomic E-state index is 12.9. The van der Waals surface area contributed by atoms with Crippen LogP contribution in [-0.2, 0) is 4.79 Å². The molecule has 0 radical (unpaired) electrons. The Kier molecular flexibility index (Phi) is 3.31. The first kappa shape index (κ1) is 14.5. The van der Waals surface area contributed by atoms with Gasteiger partial charge in [0.1, 0.15) is 0 Å². The SMILES string of the molecule is CC1(C)CC(=O)C2=C(C1)Nc1ccccc1N[C@H]2c1cccs1. The first-order chi connectivity index (χ1) is 11.0. The maximum Gasteiger partial charge on any atom is 0.163 e. The fourth-order valence-corrected chi connectivity index (χ4v) is 4.34. The van der Waals surface area contributed by atoms with E-state index >= 15 is 0 Å². The van der Waals surface area contributed by atoms with Crippen molar-refractivity contribution >= 4 is 28.5 Å². The molecule has 1 atom stereocenters. The Balaban J connectivity index is 1.88. The van der Waals surface area contributed by atoms with Crippen LogP contribution in [0.15, 0.2) is 53.0 Å². The minimum Gasteiger partial charge on any atom is -0.372 e. The number of benzene rings is 1. The number of hydrogen-bond acceptors (Lipinski definition) is 4. The number of ketones is 1. The lowest BCUT2D eigenvalue weighted by Gasteiger charge is -2.33. The van der Waals surface area contributed by atoms with Crippen molar-refractivity contribution in [2.75, 3.05) is 10.6 Å². The summed E-state index contributed by atoms with van der Waals surface area (Å²) in [6, 6.07) is 12.3. The highest BCUT2D eigenvalue weighted by Crippen LogP contribution is 2.45. The zero-order valence-electron chi connectivity index (χ0n) is 13.3. The lowest BCUT2D eigenvalue weighted by atomic mass is 9.74. The van der Waals surface area contributed by atoms with Gasteiger partial charge in [-0.05, 0) is 35.4 Å². The zero-order chi connectivity index (χ0) is 16.0. The number of para-hydroxylation sites is 2. The lowest BCUT2D eigenvalue weighted by molar-refractivity contribution is -0.118. The molecule has 0 saturated heterocycles. The minimum absolute atomic E-state index is 0.00218. The van der Waals surface area contributed by atoms with Crippen LogP contribution in [0.4, 0.5) is 11.4 Å². The fraction of sp³-hybridized carbons (Fsp3) is 0.316. The molecule has 3 nitrogen and oxygen atoms in total. The van der Waals surface area contributed by atoms with Crippen molar-refractivity contribution in [3.05, 3.63) is 57.9 Å². The minimum atomic E-state index is -0.0650. The Labute approximate surface area is 140 Å². The first-order valence-corrected chi connectivity index (χ1v) is 8.84. The molecule has 2 N–H and O–H groups in total. The number of carbonyl (C=O) groups excluding carboxylic acids is 1. The summed E-state index contributed by atoms with van der Waals surface area (Å²) in [6.45, 7) is 4.33. The van der Waals surface area contributed by atoms with Crippen molar-refractivity contribution in [3.8, 4) is 0 Å². The molecular formula is C19H20N2OS. The van der Waals surface area contributed by atoms with Crippen LogP contribution >= 0.6 is 11.3 Å². The van der Waals surface area contributed by atoms with Gasteiger partial charge >= 0.3 is 0 Å². The van der Waals surface area contributed by atoms with Crippen molar-refractivity contribution in [1.82, 2.24) is 0 Å². The molecule has 2 heterocycles. The molecule has 1 aliphatic carbocycles. The Morgan fingerprint density at radius 2 is 1.87 bits per heavy atom. The molecule has 4 heteroatoms. The molecule has 0 saturated carbocycles. The van der Waals surface area contributed by atoms with Gasteiger partial charge in [0.2, 0.25) is 0 Å². The molecule has 1 aromatic carbocycles. The topological polar surface area (TPSA) is 41.1 Å². The third kappa shape index (κ3) is 2.57. The van der Waals surface area contributed by atoms with E-state index in [1.807, 2.05) is 18.2 Å². The first-order valence-electron chi connectivity index (χ1n) is 7.96. The highest BCUT2D eigenvalue weighted by atomic mass is 32.1. The van der Waals surface area contributed by atoms with E-state index in [0.717, 1.165) is 29.1 Å². The van der Waals surface area contributed by atoms with Crippen molar-refractivity contribution in [1.29, 1.82) is 0 Å². The van der Waals surface area contributed by atoms with E-state index in [4.69, 9.17) is 0 Å². The summed E-state index contributed by atoms with van der Waals surface area (Å²) >= 11 is 1.69. The fourth-order valence-electron chi connectivity index (χ4n) is 3.56. The maximum absolute atomic E-state index is 12.9. The summed E-state index contributed by atoms with van der Waals surface area (Å²) in [4.78, 5) is 14.1. The molecule has 118 valence electrons. The van der Waals surface area contributed by atoms with Gasteiger partial charge in [-0.2, -0.15) is 0 Å². The number of hydrogen-bond donors (Lipinski definition) is 2. The predicted molar refractivity (Wildman–Crippen MR) is 95.8 cm³/mol. The number of thiophene rings is 1. The van der Waals surface area contributed by atoms with Crippen molar-refractivity contribution in [3.63, 3.8) is 0 Å². The van der Waals surface area contributed by atoms with E-state index in [0.29, 0.717) is 6.42 Å². The summed E-state index contributed by atoms with van der Waals surface area (Å²) in [5.41, 5.74) is 4.07. The van der Waals surface area contributed by atoms with E-state index in [2.05, 4.69) is 48.1 Å². The average molecular weight is 324 g/mol. The number of fused-ring (bicyclic) bond motifs is 1. The van der Waals surface area contributed by atoms with Gasteiger partial charge in [0.25, 0.3) is 0 Å². The third-order valence-electron chi connectivity index (χ3n) is 4.55. The highest BCUT2D eigenvalue weighted by Gasteiger charge is 2.38. The van der Waals surface area contributed by atoms with E-state index in [1.54, 1.807) is 11.3 Å². The van der Waals surface area contributed by atoms with Crippen LogP contribution in [0, 0.1) is 5.41 Å². The Hall–Kier alpha value is -2.07. The number of allylic oxidation sites excluding steroid dienone is 1. The Bertz CT molecular complexity index is 789. The van der Waals surface area contributed by atoms with Gasteiger partial charge in [-0.25, -0.2) is 0 Å². The summed E-state index contributed by atoms with van der Waals surface area (Å²) in [7, 11) is 0. The molecule has 2 aromatic rings. The summed E-state index contributed by atoms with van der Waals surface area (Å²) in [5, 5.41) is 9.20. The largest absolute Gasteiger partial charge is 0.372 e. The zero-order valence-corrected chi connectivity index (χ0v) is 14.2. The lowest BCUT2D eigenvalue weighted by Crippen LogP contribution is -2.31. The number of carbonyl (C=O) groups is 1. The Morgan fingerprint density at radius 3 is 2.61 bits per heavy atom. The predicted octanol–water partition coefficient (Wildman–Crippen LogP) is 4.97. The molecule has 2 aliphatic rings. The van der Waals surface area contributed by atoms with Crippen LogP contribution in [0.25, 0.3) is 0 Å². The molecule has 23 heavy (non-hydrogen) atoms. The van der Waals surface area contributed by atoms with Crippen molar-refractivity contribution in [2.45, 2.75) is 32.7 Å². The van der Waals surface area contributed by atoms with Gasteiger partial charge in [0.15, 0.2) is 5.78 Å². The van der Waals surface area contributed by atoms with Crippen LogP contribution in [0.1, 0.15) is 37.6 Å². The third-order valence-corrected chi connectivity index (χ3v) is 5.49. The van der Waals surface area contributed by atoms with Gasteiger partial charge in [-0.1, -0.05) is 32.0 Å². The van der Waals surface area contributed by atoms with E-state index in [-0.39, 0.29) is 17.2 Å². The highest BCUT2D eigenvalue weighted by molar-refractivity contribution is 7.10. The number of Topliss-reactive ketones (excluding diaryl/α,β-unsaturated/α-hetero) is 1. The normalized spacial score (nSPS) is 22.5.